The van der Waals surface area contributed by atoms with Crippen LogP contribution in [0, 0.1) is 0 Å². The minimum atomic E-state index is -1.64. The van der Waals surface area contributed by atoms with Gasteiger partial charge in [-0.2, -0.15) is 4.98 Å². The molecule has 0 radical (unpaired) electrons. The molecule has 1 amide bonds. The molecular formula is C21H25CaN7O6. The zero-order valence-corrected chi connectivity index (χ0v) is 21.6. The van der Waals surface area contributed by atoms with Gasteiger partial charge in [-0.05, 0) is 30.7 Å². The van der Waals surface area contributed by atoms with Gasteiger partial charge in [0.25, 0.3) is 11.5 Å². The van der Waals surface area contributed by atoms with Crippen molar-refractivity contribution in [2.75, 3.05) is 41.4 Å². The molecule has 2 atom stereocenters. The number of carboxylic acid groups (broad SMARTS) is 2. The topological polar surface area (TPSA) is 208 Å². The molecule has 0 saturated heterocycles. The van der Waals surface area contributed by atoms with E-state index < -0.39 is 35.0 Å². The molecule has 1 aliphatic heterocycles. The van der Waals surface area contributed by atoms with E-state index >= 15 is 0 Å². The number of hydrogen-bond acceptors (Lipinski definition) is 11. The van der Waals surface area contributed by atoms with Crippen molar-refractivity contribution in [2.24, 2.45) is 0 Å². The van der Waals surface area contributed by atoms with E-state index in [2.05, 4.69) is 25.9 Å². The summed E-state index contributed by atoms with van der Waals surface area (Å²) in [6.45, 7) is 1.52. The molecule has 3 rings (SSSR count). The fourth-order valence-corrected chi connectivity index (χ4v) is 3.71. The molecule has 1 unspecified atom stereocenters. The number of nitrogen functional groups attached to an aromatic ring is 1. The minimum absolute atomic E-state index is 0. The van der Waals surface area contributed by atoms with Crippen LogP contribution in [-0.4, -0.2) is 97.3 Å². The van der Waals surface area contributed by atoms with E-state index in [-0.39, 0.29) is 80.3 Å². The molecule has 182 valence electrons. The SMILES string of the molecule is CCCC(NC(=O)c1ccc(NC[C@@]2(C(=O)[O-])CNc3nc(N)[nH]c(=O)c3N2C)cc1)C(=O)[O-].[Ca+2]. The van der Waals surface area contributed by atoms with Crippen LogP contribution < -0.4 is 42.4 Å². The molecule has 0 fully saturated rings. The number of carboxylic acids is 2. The van der Waals surface area contributed by atoms with Gasteiger partial charge in [0.2, 0.25) is 5.95 Å². The Morgan fingerprint density at radius 1 is 1.26 bits per heavy atom. The van der Waals surface area contributed by atoms with Crippen LogP contribution in [0.1, 0.15) is 30.1 Å². The van der Waals surface area contributed by atoms with Gasteiger partial charge in [-0.15, -0.1) is 0 Å². The Bertz CT molecular complexity index is 1160. The van der Waals surface area contributed by atoms with Crippen molar-refractivity contribution in [3.05, 3.63) is 40.2 Å². The van der Waals surface area contributed by atoms with Gasteiger partial charge in [0.05, 0.1) is 18.0 Å². The number of carbonyl (C=O) groups excluding carboxylic acids is 3. The molecule has 2 aromatic rings. The summed E-state index contributed by atoms with van der Waals surface area (Å²) in [4.78, 5) is 55.6. The van der Waals surface area contributed by atoms with Crippen molar-refractivity contribution < 1.29 is 24.6 Å². The molecule has 13 nitrogen and oxygen atoms in total. The van der Waals surface area contributed by atoms with Crippen molar-refractivity contribution in [2.45, 2.75) is 31.3 Å². The van der Waals surface area contributed by atoms with Gasteiger partial charge in [-0.1, -0.05) is 13.3 Å². The summed E-state index contributed by atoms with van der Waals surface area (Å²) in [6.07, 6.45) is 0.805. The number of nitrogens with one attached hydrogen (secondary N) is 4. The third-order valence-corrected chi connectivity index (χ3v) is 5.72. The molecule has 1 aromatic carbocycles. The fraction of sp³-hybridized carbons (Fsp3) is 0.381. The van der Waals surface area contributed by atoms with Crippen LogP contribution in [0.15, 0.2) is 29.1 Å². The van der Waals surface area contributed by atoms with Crippen LogP contribution in [0.2, 0.25) is 0 Å². The average molecular weight is 512 g/mol. The summed E-state index contributed by atoms with van der Waals surface area (Å²) in [5, 5.41) is 31.5. The van der Waals surface area contributed by atoms with Gasteiger partial charge < -0.3 is 46.4 Å². The number of benzene rings is 1. The number of rotatable bonds is 9. The first-order valence-corrected chi connectivity index (χ1v) is 10.5. The predicted octanol–water partition coefficient (Wildman–Crippen LogP) is -2.92. The molecule has 0 aliphatic carbocycles. The molecule has 2 heterocycles. The Morgan fingerprint density at radius 2 is 1.91 bits per heavy atom. The number of aliphatic carboxylic acids is 2. The van der Waals surface area contributed by atoms with Crippen LogP contribution >= 0.6 is 0 Å². The summed E-state index contributed by atoms with van der Waals surface area (Å²) < 4.78 is 0. The van der Waals surface area contributed by atoms with Crippen LogP contribution in [0.25, 0.3) is 0 Å². The number of nitrogens with zero attached hydrogens (tertiary/aromatic N) is 2. The van der Waals surface area contributed by atoms with E-state index in [1.165, 1.54) is 24.1 Å². The zero-order chi connectivity index (χ0) is 25.0. The van der Waals surface area contributed by atoms with E-state index in [1.807, 2.05) is 0 Å². The van der Waals surface area contributed by atoms with E-state index in [1.54, 1.807) is 19.1 Å². The summed E-state index contributed by atoms with van der Waals surface area (Å²) in [5.74, 6) is -3.29. The zero-order valence-electron chi connectivity index (χ0n) is 19.3. The predicted molar refractivity (Wildman–Crippen MR) is 126 cm³/mol. The molecular weight excluding hydrogens is 486 g/mol. The smallest absolute Gasteiger partial charge is 0.548 e. The average Bonchev–Trinajstić information content (AvgIpc) is 2.78. The Morgan fingerprint density at radius 3 is 2.49 bits per heavy atom. The van der Waals surface area contributed by atoms with Crippen molar-refractivity contribution in [3.8, 4) is 0 Å². The van der Waals surface area contributed by atoms with Gasteiger partial charge in [-0.25, -0.2) is 0 Å². The normalized spacial score (nSPS) is 17.3. The number of amides is 1. The van der Waals surface area contributed by atoms with E-state index in [4.69, 9.17) is 5.73 Å². The van der Waals surface area contributed by atoms with E-state index in [0.29, 0.717) is 12.1 Å². The van der Waals surface area contributed by atoms with Crippen LogP contribution in [0.3, 0.4) is 0 Å². The number of hydrogen-bond donors (Lipinski definition) is 5. The maximum atomic E-state index is 12.4. The maximum absolute atomic E-state index is 12.4. The molecule has 1 aromatic heterocycles. The fourth-order valence-electron chi connectivity index (χ4n) is 3.71. The van der Waals surface area contributed by atoms with Gasteiger partial charge in [0.1, 0.15) is 11.2 Å². The first kappa shape index (κ1) is 28.2. The number of nitrogens with two attached hydrogens (primary N) is 1. The molecule has 14 heteroatoms. The first-order valence-electron chi connectivity index (χ1n) is 10.5. The number of aromatic amines is 1. The number of aromatic nitrogens is 2. The molecule has 0 spiro atoms. The third-order valence-electron chi connectivity index (χ3n) is 5.72. The summed E-state index contributed by atoms with van der Waals surface area (Å²) >= 11 is 0. The van der Waals surface area contributed by atoms with Crippen LogP contribution in [0.5, 0.6) is 0 Å². The quantitative estimate of drug-likeness (QED) is 0.215. The Hall–Kier alpha value is -3.03. The molecule has 6 N–H and O–H groups in total. The molecule has 35 heavy (non-hydrogen) atoms. The Kier molecular flexibility index (Phi) is 9.35. The summed E-state index contributed by atoms with van der Waals surface area (Å²) in [7, 11) is 1.45. The van der Waals surface area contributed by atoms with Crippen molar-refractivity contribution in [3.63, 3.8) is 0 Å². The second-order valence-corrected chi connectivity index (χ2v) is 7.94. The third kappa shape index (κ3) is 5.97. The number of fused-ring (bicyclic) bond motifs is 1. The van der Waals surface area contributed by atoms with Crippen molar-refractivity contribution >= 4 is 78.7 Å². The van der Waals surface area contributed by atoms with Gasteiger partial charge in [-0.3, -0.25) is 14.6 Å². The minimum Gasteiger partial charge on any atom is -0.548 e. The summed E-state index contributed by atoms with van der Waals surface area (Å²) in [5.41, 5.74) is 4.03. The van der Waals surface area contributed by atoms with Crippen molar-refractivity contribution in [1.82, 2.24) is 15.3 Å². The van der Waals surface area contributed by atoms with E-state index in [9.17, 15) is 29.4 Å². The number of anilines is 4. The largest absolute Gasteiger partial charge is 2.00 e. The number of carbonyl (C=O) groups is 3. The molecule has 0 bridgehead atoms. The second kappa shape index (κ2) is 11.6. The van der Waals surface area contributed by atoms with E-state index in [0.717, 1.165) is 0 Å². The van der Waals surface area contributed by atoms with Crippen molar-refractivity contribution in [1.29, 1.82) is 0 Å². The summed E-state index contributed by atoms with van der Waals surface area (Å²) in [6, 6.07) is 4.94. The second-order valence-electron chi connectivity index (χ2n) is 7.94. The monoisotopic (exact) mass is 511 g/mol. The van der Waals surface area contributed by atoms with Gasteiger partial charge in [0, 0.05) is 31.4 Å². The van der Waals surface area contributed by atoms with Gasteiger partial charge >= 0.3 is 37.7 Å². The Balaban J connectivity index is 0.00000432. The molecule has 0 saturated carbocycles. The standard InChI is InChI=1S/C21H27N7O6.Ca/c1-3-4-13(18(31)32)25-16(29)11-5-7-12(8-6-11)23-9-21(19(33)34)10-24-15-14(28(21)2)17(30)27-20(22)26-15;/h5-8,13,23H,3-4,9-10H2,1-2H3,(H,25,29)(H,31,32)(H,33,34)(H4,22,24,26,27,30);/q;+2/p-2/t13?,21-;/m0./s1. The van der Waals surface area contributed by atoms with Gasteiger partial charge in [0.15, 0.2) is 5.82 Å². The number of H-pyrrole nitrogens is 1. The molecule has 1 aliphatic rings. The Labute approximate surface area is 230 Å². The van der Waals surface area contributed by atoms with Crippen LogP contribution in [0.4, 0.5) is 23.1 Å². The number of likely N-dealkylation sites (N-methyl/N-ethyl adjacent to an activating group) is 1. The van der Waals surface area contributed by atoms with Crippen LogP contribution in [-0.2, 0) is 9.59 Å². The first-order chi connectivity index (χ1) is 16.1. The maximum Gasteiger partial charge on any atom is 2.00 e.